The first kappa shape index (κ1) is 16.5. The van der Waals surface area contributed by atoms with Crippen molar-refractivity contribution in [3.8, 4) is 0 Å². The molecule has 0 spiro atoms. The van der Waals surface area contributed by atoms with E-state index in [1.54, 1.807) is 0 Å². The second kappa shape index (κ2) is 7.28. The molecule has 1 aromatic carbocycles. The number of hydrogen-bond donors (Lipinski definition) is 1. The van der Waals surface area contributed by atoms with Gasteiger partial charge in [-0.05, 0) is 6.07 Å². The number of carbonyl (C=O) groups is 1. The number of nitro benzene ring substituents is 1. The fourth-order valence-corrected chi connectivity index (χ4v) is 1.89. The fourth-order valence-electron chi connectivity index (χ4n) is 1.57. The van der Waals surface area contributed by atoms with Gasteiger partial charge in [0, 0.05) is 19.7 Å². The predicted molar refractivity (Wildman–Crippen MR) is 74.8 cm³/mol. The summed E-state index contributed by atoms with van der Waals surface area (Å²) in [6, 6.07) is 2.38. The molecule has 0 heterocycles. The molecule has 0 aliphatic rings. The van der Waals surface area contributed by atoms with E-state index in [2.05, 4.69) is 0 Å². The van der Waals surface area contributed by atoms with Gasteiger partial charge in [0.15, 0.2) is 0 Å². The maximum Gasteiger partial charge on any atom is 0.323 e. The SMILES string of the molecule is COCCN(CC(=O)O)c1cc(Cl)c(Cl)cc1[N+](=O)[O-]. The summed E-state index contributed by atoms with van der Waals surface area (Å²) in [5.41, 5.74) is -0.222. The Morgan fingerprint density at radius 2 is 2.05 bits per heavy atom. The lowest BCUT2D eigenvalue weighted by atomic mass is 10.2. The maximum atomic E-state index is 11.0. The smallest absolute Gasteiger partial charge is 0.323 e. The second-order valence-corrected chi connectivity index (χ2v) is 4.63. The Morgan fingerprint density at radius 3 is 2.55 bits per heavy atom. The zero-order valence-corrected chi connectivity index (χ0v) is 12.0. The van der Waals surface area contributed by atoms with Crippen molar-refractivity contribution in [3.63, 3.8) is 0 Å². The summed E-state index contributed by atoms with van der Waals surface area (Å²) in [6.45, 7) is -0.0333. The Morgan fingerprint density at radius 1 is 1.45 bits per heavy atom. The molecule has 7 nitrogen and oxygen atoms in total. The van der Waals surface area contributed by atoms with Gasteiger partial charge in [-0.1, -0.05) is 23.2 Å². The molecule has 0 aliphatic carbocycles. The van der Waals surface area contributed by atoms with E-state index in [0.717, 1.165) is 6.07 Å². The van der Waals surface area contributed by atoms with Gasteiger partial charge in [-0.15, -0.1) is 0 Å². The normalized spacial score (nSPS) is 10.3. The number of hydrogen-bond acceptors (Lipinski definition) is 5. The molecule has 1 N–H and O–H groups in total. The molecule has 0 aliphatic heterocycles. The molecule has 1 aromatic rings. The predicted octanol–water partition coefficient (Wildman–Crippen LogP) is 2.44. The van der Waals surface area contributed by atoms with Crippen molar-refractivity contribution < 1.29 is 19.6 Å². The van der Waals surface area contributed by atoms with Crippen LogP contribution in [-0.2, 0) is 9.53 Å². The van der Waals surface area contributed by atoms with Crippen molar-refractivity contribution in [2.75, 3.05) is 31.7 Å². The summed E-state index contributed by atoms with van der Waals surface area (Å²) >= 11 is 11.6. The number of halogens is 2. The van der Waals surface area contributed by atoms with E-state index in [4.69, 9.17) is 33.0 Å². The number of anilines is 1. The first-order valence-corrected chi connectivity index (χ1v) is 6.21. The largest absolute Gasteiger partial charge is 0.480 e. The quantitative estimate of drug-likeness (QED) is 0.612. The summed E-state index contributed by atoms with van der Waals surface area (Å²) in [6.07, 6.45) is 0. The van der Waals surface area contributed by atoms with Gasteiger partial charge in [0.2, 0.25) is 0 Å². The summed E-state index contributed by atoms with van der Waals surface area (Å²) in [5.74, 6) is -1.12. The van der Waals surface area contributed by atoms with Crippen LogP contribution in [0.25, 0.3) is 0 Å². The number of carboxylic acids is 1. The van der Waals surface area contributed by atoms with Crippen LogP contribution in [0.2, 0.25) is 10.0 Å². The van der Waals surface area contributed by atoms with Gasteiger partial charge in [-0.2, -0.15) is 0 Å². The third kappa shape index (κ3) is 4.22. The van der Waals surface area contributed by atoms with Gasteiger partial charge < -0.3 is 14.7 Å². The molecule has 0 fully saturated rings. The fraction of sp³-hybridized carbons (Fsp3) is 0.364. The first-order chi connectivity index (χ1) is 9.36. The summed E-state index contributed by atoms with van der Waals surface area (Å²) in [7, 11) is 1.45. The third-order valence-electron chi connectivity index (χ3n) is 2.45. The van der Waals surface area contributed by atoms with Crippen LogP contribution >= 0.6 is 23.2 Å². The van der Waals surface area contributed by atoms with Crippen molar-refractivity contribution in [1.82, 2.24) is 0 Å². The Hall–Kier alpha value is -1.57. The molecule has 1 rings (SSSR count). The highest BCUT2D eigenvalue weighted by Gasteiger charge is 2.23. The third-order valence-corrected chi connectivity index (χ3v) is 3.17. The molecule has 0 aromatic heterocycles. The minimum absolute atomic E-state index is 0.0316. The molecule has 0 unspecified atom stereocenters. The van der Waals surface area contributed by atoms with Gasteiger partial charge >= 0.3 is 5.97 Å². The van der Waals surface area contributed by atoms with E-state index in [9.17, 15) is 14.9 Å². The van der Waals surface area contributed by atoms with Crippen LogP contribution in [0.1, 0.15) is 0 Å². The van der Waals surface area contributed by atoms with Gasteiger partial charge in [0.25, 0.3) is 5.69 Å². The number of nitrogens with zero attached hydrogens (tertiary/aromatic N) is 2. The summed E-state index contributed by atoms with van der Waals surface area (Å²) in [5, 5.41) is 20.1. The molecular weight excluding hydrogens is 311 g/mol. The molecule has 0 amide bonds. The number of aliphatic carboxylic acids is 1. The topological polar surface area (TPSA) is 92.9 Å². The zero-order chi connectivity index (χ0) is 15.3. The van der Waals surface area contributed by atoms with Gasteiger partial charge in [0.05, 0.1) is 21.6 Å². The Bertz CT molecular complexity index is 524. The average molecular weight is 323 g/mol. The van der Waals surface area contributed by atoms with Crippen LogP contribution in [0.15, 0.2) is 12.1 Å². The minimum Gasteiger partial charge on any atom is -0.480 e. The molecule has 0 bridgehead atoms. The van der Waals surface area contributed by atoms with Crippen molar-refractivity contribution in [2.45, 2.75) is 0 Å². The van der Waals surface area contributed by atoms with Crippen molar-refractivity contribution in [2.24, 2.45) is 0 Å². The zero-order valence-electron chi connectivity index (χ0n) is 10.5. The highest BCUT2D eigenvalue weighted by molar-refractivity contribution is 6.42. The number of methoxy groups -OCH3 is 1. The van der Waals surface area contributed by atoms with E-state index >= 15 is 0 Å². The van der Waals surface area contributed by atoms with Gasteiger partial charge in [0.1, 0.15) is 12.2 Å². The van der Waals surface area contributed by atoms with Crippen molar-refractivity contribution in [1.29, 1.82) is 0 Å². The second-order valence-electron chi connectivity index (χ2n) is 3.82. The molecule has 20 heavy (non-hydrogen) atoms. The standard InChI is InChI=1S/C11H12Cl2N2O5/c1-20-3-2-14(6-11(16)17)9-4-7(12)8(13)5-10(9)15(18)19/h4-5H,2-3,6H2,1H3,(H,16,17). The van der Waals surface area contributed by atoms with E-state index in [1.807, 2.05) is 0 Å². The number of ether oxygens (including phenoxy) is 1. The highest BCUT2D eigenvalue weighted by atomic mass is 35.5. The lowest BCUT2D eigenvalue weighted by molar-refractivity contribution is -0.384. The van der Waals surface area contributed by atoms with E-state index in [1.165, 1.54) is 18.1 Å². The van der Waals surface area contributed by atoms with Gasteiger partial charge in [-0.25, -0.2) is 0 Å². The molecule has 0 radical (unpaired) electrons. The van der Waals surface area contributed by atoms with Crippen LogP contribution in [0.3, 0.4) is 0 Å². The average Bonchev–Trinajstić information content (AvgIpc) is 2.36. The molecule has 0 saturated carbocycles. The van der Waals surface area contributed by atoms with Crippen LogP contribution in [0.4, 0.5) is 11.4 Å². The molecule has 0 saturated heterocycles. The molecule has 110 valence electrons. The van der Waals surface area contributed by atoms with Gasteiger partial charge in [-0.3, -0.25) is 14.9 Å². The Balaban J connectivity index is 3.25. The monoisotopic (exact) mass is 322 g/mol. The van der Waals surface area contributed by atoms with E-state index < -0.39 is 17.4 Å². The number of rotatable bonds is 7. The Labute approximate surface area is 124 Å². The van der Waals surface area contributed by atoms with Crippen LogP contribution < -0.4 is 4.90 Å². The number of nitro groups is 1. The number of benzene rings is 1. The van der Waals surface area contributed by atoms with Crippen molar-refractivity contribution >= 4 is 40.5 Å². The summed E-state index contributed by atoms with van der Waals surface area (Å²) in [4.78, 5) is 22.6. The highest BCUT2D eigenvalue weighted by Crippen LogP contribution is 2.36. The lowest BCUT2D eigenvalue weighted by Gasteiger charge is -2.22. The summed E-state index contributed by atoms with van der Waals surface area (Å²) < 4.78 is 4.87. The molecule has 0 atom stereocenters. The Kier molecular flexibility index (Phi) is 6.00. The molecular formula is C11H12Cl2N2O5. The van der Waals surface area contributed by atoms with Crippen molar-refractivity contribution in [3.05, 3.63) is 32.3 Å². The molecule has 9 heteroatoms. The van der Waals surface area contributed by atoms with Crippen LogP contribution in [0, 0.1) is 10.1 Å². The number of carboxylic acid groups (broad SMARTS) is 1. The van der Waals surface area contributed by atoms with Crippen LogP contribution in [0.5, 0.6) is 0 Å². The van der Waals surface area contributed by atoms with E-state index in [0.29, 0.717) is 0 Å². The maximum absolute atomic E-state index is 11.0. The van der Waals surface area contributed by atoms with Crippen LogP contribution in [-0.4, -0.2) is 42.8 Å². The lowest BCUT2D eigenvalue weighted by Crippen LogP contribution is -2.33. The first-order valence-electron chi connectivity index (χ1n) is 5.46. The van der Waals surface area contributed by atoms with E-state index in [-0.39, 0.29) is 34.6 Å². The minimum atomic E-state index is -1.12.